The number of benzene rings is 1. The molecule has 1 amide bonds. The number of aryl methyl sites for hydroxylation is 1. The van der Waals surface area contributed by atoms with Crippen LogP contribution in [0.4, 0.5) is 13.2 Å². The largest absolute Gasteiger partial charge is 0.386 e. The quantitative estimate of drug-likeness (QED) is 0.649. The highest BCUT2D eigenvalue weighted by molar-refractivity contribution is 9.10. The van der Waals surface area contributed by atoms with E-state index < -0.39 is 6.18 Å². The Morgan fingerprint density at radius 1 is 1.39 bits per heavy atom. The highest BCUT2D eigenvalue weighted by Crippen LogP contribution is 2.12. The Kier molecular flexibility index (Phi) is 8.45. The van der Waals surface area contributed by atoms with Crippen LogP contribution < -0.4 is 5.32 Å². The van der Waals surface area contributed by atoms with E-state index in [-0.39, 0.29) is 6.92 Å². The second-order valence-electron chi connectivity index (χ2n) is 3.59. The smallest absolute Gasteiger partial charge is 0.359 e. The summed E-state index contributed by atoms with van der Waals surface area (Å²) in [5.74, 6) is 0. The first-order valence-corrected chi connectivity index (χ1v) is 6.10. The summed E-state index contributed by atoms with van der Waals surface area (Å²) in [6.45, 7) is 0.934. The molecule has 1 aromatic carbocycles. The topological polar surface area (TPSA) is 29.1 Å². The van der Waals surface area contributed by atoms with E-state index in [0.717, 1.165) is 30.3 Å². The van der Waals surface area contributed by atoms with Crippen molar-refractivity contribution in [2.75, 3.05) is 6.54 Å². The minimum absolute atomic E-state index is 0.188. The number of hydrogen-bond donors (Lipinski definition) is 1. The second-order valence-corrected chi connectivity index (χ2v) is 4.50. The molecule has 0 heterocycles. The summed E-state index contributed by atoms with van der Waals surface area (Å²) in [4.78, 5) is 9.95. The Balaban J connectivity index is 0.000000494. The van der Waals surface area contributed by atoms with Crippen LogP contribution in [-0.2, 0) is 11.2 Å². The van der Waals surface area contributed by atoms with Gasteiger partial charge in [0.05, 0.1) is 0 Å². The van der Waals surface area contributed by atoms with Crippen LogP contribution in [0.5, 0.6) is 0 Å². The van der Waals surface area contributed by atoms with E-state index in [0.29, 0.717) is 0 Å². The van der Waals surface area contributed by atoms with Gasteiger partial charge in [0.1, 0.15) is 0 Å². The number of alkyl halides is 3. The standard InChI is InChI=1S/C10H12BrNO.C2H3F3/c11-10-5-1-3-9(7-10)4-2-6-12-8-13;1-2(3,4)5/h1,3,5,7-8H,2,4,6H2,(H,12,13);1H3. The fourth-order valence-corrected chi connectivity index (χ4v) is 1.59. The van der Waals surface area contributed by atoms with E-state index in [1.54, 1.807) is 0 Å². The van der Waals surface area contributed by atoms with Gasteiger partial charge in [0.25, 0.3) is 0 Å². The van der Waals surface area contributed by atoms with Crippen LogP contribution in [-0.4, -0.2) is 19.1 Å². The van der Waals surface area contributed by atoms with Gasteiger partial charge in [-0.15, -0.1) is 0 Å². The number of halogens is 4. The molecule has 0 aliphatic carbocycles. The molecule has 0 fully saturated rings. The summed E-state index contributed by atoms with van der Waals surface area (Å²) in [5, 5.41) is 2.64. The lowest BCUT2D eigenvalue weighted by atomic mass is 10.1. The molecular weight excluding hydrogens is 311 g/mol. The van der Waals surface area contributed by atoms with Crippen molar-refractivity contribution in [1.82, 2.24) is 5.32 Å². The maximum Gasteiger partial charge on any atom is 0.386 e. The summed E-state index contributed by atoms with van der Waals surface area (Å²) < 4.78 is 32.2. The third kappa shape index (κ3) is 13.0. The Bertz CT molecular complexity index is 349. The average Bonchev–Trinajstić information content (AvgIpc) is 2.22. The van der Waals surface area contributed by atoms with Gasteiger partial charge < -0.3 is 5.32 Å². The lowest BCUT2D eigenvalue weighted by Crippen LogP contribution is -2.12. The summed E-state index contributed by atoms with van der Waals surface area (Å²) in [6.07, 6.45) is -1.28. The third-order valence-corrected chi connectivity index (χ3v) is 2.25. The zero-order valence-electron chi connectivity index (χ0n) is 9.93. The van der Waals surface area contributed by atoms with Crippen LogP contribution in [0, 0.1) is 0 Å². The highest BCUT2D eigenvalue weighted by Gasteiger charge is 2.15. The van der Waals surface area contributed by atoms with Crippen LogP contribution in [0.25, 0.3) is 0 Å². The summed E-state index contributed by atoms with van der Waals surface area (Å²) in [5.41, 5.74) is 1.29. The van der Waals surface area contributed by atoms with Gasteiger partial charge in [-0.1, -0.05) is 28.1 Å². The van der Waals surface area contributed by atoms with Crippen molar-refractivity contribution in [3.05, 3.63) is 34.3 Å². The van der Waals surface area contributed by atoms with Crippen molar-refractivity contribution in [3.63, 3.8) is 0 Å². The summed E-state index contributed by atoms with van der Waals surface area (Å²) in [7, 11) is 0. The molecule has 1 N–H and O–H groups in total. The molecule has 1 aromatic rings. The monoisotopic (exact) mass is 325 g/mol. The molecule has 0 aliphatic heterocycles. The normalized spacial score (nSPS) is 10.3. The number of hydrogen-bond acceptors (Lipinski definition) is 1. The summed E-state index contributed by atoms with van der Waals surface area (Å²) >= 11 is 3.41. The minimum atomic E-state index is -4.00. The predicted molar refractivity (Wildman–Crippen MR) is 68.3 cm³/mol. The molecule has 0 saturated heterocycles. The van der Waals surface area contributed by atoms with Gasteiger partial charge in [-0.05, 0) is 30.5 Å². The molecule has 0 radical (unpaired) electrons. The molecule has 6 heteroatoms. The van der Waals surface area contributed by atoms with E-state index in [9.17, 15) is 18.0 Å². The first kappa shape index (κ1) is 17.0. The molecule has 0 aromatic heterocycles. The zero-order chi connectivity index (χ0) is 14.0. The van der Waals surface area contributed by atoms with E-state index in [1.807, 2.05) is 12.1 Å². The molecule has 18 heavy (non-hydrogen) atoms. The molecule has 102 valence electrons. The third-order valence-electron chi connectivity index (χ3n) is 1.76. The number of carbonyl (C=O) groups excluding carboxylic acids is 1. The van der Waals surface area contributed by atoms with Crippen LogP contribution >= 0.6 is 15.9 Å². The maximum atomic E-state index is 10.4. The van der Waals surface area contributed by atoms with Crippen LogP contribution in [0.15, 0.2) is 28.7 Å². The molecule has 0 aliphatic rings. The van der Waals surface area contributed by atoms with Crippen molar-refractivity contribution in [3.8, 4) is 0 Å². The lowest BCUT2D eigenvalue weighted by molar-refractivity contribution is -0.110. The fraction of sp³-hybridized carbons (Fsp3) is 0.417. The van der Waals surface area contributed by atoms with E-state index >= 15 is 0 Å². The number of nitrogens with one attached hydrogen (secondary N) is 1. The van der Waals surface area contributed by atoms with Crippen molar-refractivity contribution in [2.45, 2.75) is 25.9 Å². The fourth-order valence-electron chi connectivity index (χ4n) is 1.15. The summed E-state index contributed by atoms with van der Waals surface area (Å²) in [6, 6.07) is 8.21. The highest BCUT2D eigenvalue weighted by atomic mass is 79.9. The minimum Gasteiger partial charge on any atom is -0.359 e. The van der Waals surface area contributed by atoms with Crippen molar-refractivity contribution in [1.29, 1.82) is 0 Å². The van der Waals surface area contributed by atoms with Crippen LogP contribution in [0.3, 0.4) is 0 Å². The average molecular weight is 326 g/mol. The van der Waals surface area contributed by atoms with Gasteiger partial charge in [0.15, 0.2) is 0 Å². The molecule has 2 nitrogen and oxygen atoms in total. The zero-order valence-corrected chi connectivity index (χ0v) is 11.5. The Morgan fingerprint density at radius 3 is 2.50 bits per heavy atom. The molecule has 1 rings (SSSR count). The van der Waals surface area contributed by atoms with Crippen molar-refractivity contribution >= 4 is 22.3 Å². The SMILES string of the molecule is CC(F)(F)F.O=CNCCCc1cccc(Br)c1. The molecule has 0 spiro atoms. The predicted octanol–water partition coefficient (Wildman–Crippen LogP) is 3.70. The van der Waals surface area contributed by atoms with Crippen molar-refractivity contribution < 1.29 is 18.0 Å². The van der Waals surface area contributed by atoms with Gasteiger partial charge in [-0.3, -0.25) is 4.79 Å². The molecule has 0 bridgehead atoms. The second kappa shape index (κ2) is 8.97. The Labute approximate surface area is 113 Å². The first-order chi connectivity index (χ1) is 8.33. The number of amides is 1. The van der Waals surface area contributed by atoms with Crippen LogP contribution in [0.1, 0.15) is 18.9 Å². The molecule has 0 saturated carbocycles. The van der Waals surface area contributed by atoms with Crippen LogP contribution in [0.2, 0.25) is 0 Å². The van der Waals surface area contributed by atoms with E-state index in [1.165, 1.54) is 5.56 Å². The molecule has 0 atom stereocenters. The maximum absolute atomic E-state index is 10.4. The van der Waals surface area contributed by atoms with E-state index in [4.69, 9.17) is 0 Å². The first-order valence-electron chi connectivity index (χ1n) is 5.31. The van der Waals surface area contributed by atoms with Crippen molar-refractivity contribution in [2.24, 2.45) is 0 Å². The molecular formula is C12H15BrF3NO. The number of rotatable bonds is 5. The Hall–Kier alpha value is -1.04. The van der Waals surface area contributed by atoms with Gasteiger partial charge in [0, 0.05) is 17.9 Å². The van der Waals surface area contributed by atoms with Gasteiger partial charge in [0.2, 0.25) is 6.41 Å². The van der Waals surface area contributed by atoms with Gasteiger partial charge >= 0.3 is 6.18 Å². The lowest BCUT2D eigenvalue weighted by Gasteiger charge is -2.01. The van der Waals surface area contributed by atoms with E-state index in [2.05, 4.69) is 33.4 Å². The Morgan fingerprint density at radius 2 is 2.00 bits per heavy atom. The van der Waals surface area contributed by atoms with Gasteiger partial charge in [-0.25, -0.2) is 0 Å². The molecule has 0 unspecified atom stereocenters. The number of carbonyl (C=O) groups is 1. The van der Waals surface area contributed by atoms with Gasteiger partial charge in [-0.2, -0.15) is 13.2 Å².